The van der Waals surface area contributed by atoms with Gasteiger partial charge in [-0.3, -0.25) is 0 Å². The molecular formula is C26H32N2O2S2. The predicted molar refractivity (Wildman–Crippen MR) is 141 cm³/mol. The highest BCUT2D eigenvalue weighted by Gasteiger charge is 2.15. The molecule has 0 amide bonds. The Morgan fingerprint density at radius 1 is 1.00 bits per heavy atom. The molecule has 0 aliphatic carbocycles. The Bertz CT molecular complexity index is 1040. The van der Waals surface area contributed by atoms with Crippen molar-refractivity contribution in [3.05, 3.63) is 70.4 Å². The van der Waals surface area contributed by atoms with E-state index < -0.39 is 0 Å². The average Bonchev–Trinajstić information content (AvgIpc) is 3.19. The van der Waals surface area contributed by atoms with E-state index >= 15 is 0 Å². The zero-order valence-electron chi connectivity index (χ0n) is 19.7. The molecule has 0 fully saturated rings. The number of nitrogens with zero attached hydrogens (tertiary/aromatic N) is 2. The number of rotatable bonds is 7. The molecule has 0 aliphatic rings. The first kappa shape index (κ1) is 24.1. The molecule has 2 aromatic carbocycles. The van der Waals surface area contributed by atoms with Crippen LogP contribution in [0.3, 0.4) is 0 Å². The van der Waals surface area contributed by atoms with Crippen LogP contribution in [0.4, 0.5) is 11.4 Å². The molecule has 0 bridgehead atoms. The molecule has 170 valence electrons. The van der Waals surface area contributed by atoms with E-state index in [1.807, 2.05) is 48.3 Å². The summed E-state index contributed by atoms with van der Waals surface area (Å²) in [7, 11) is 3.99. The van der Waals surface area contributed by atoms with E-state index in [1.54, 1.807) is 11.3 Å². The van der Waals surface area contributed by atoms with Crippen molar-refractivity contribution in [3.63, 3.8) is 0 Å². The number of likely N-dealkylation sites (N-methyl/N-ethyl adjacent to an activating group) is 1. The van der Waals surface area contributed by atoms with Crippen molar-refractivity contribution in [2.75, 3.05) is 37.0 Å². The molecule has 1 heterocycles. The normalized spacial score (nSPS) is 11.2. The minimum absolute atomic E-state index is 0.105. The SMILES string of the molecule is Cc1sccc1N(C)CCOc1cccc(N(C)C(=S)Oc2ccc(C(C)(C)C)cc2)c1. The Morgan fingerprint density at radius 3 is 2.34 bits per heavy atom. The molecular weight excluding hydrogens is 436 g/mol. The lowest BCUT2D eigenvalue weighted by Crippen LogP contribution is -2.29. The fourth-order valence-corrected chi connectivity index (χ4v) is 4.22. The summed E-state index contributed by atoms with van der Waals surface area (Å²) in [5.74, 6) is 1.54. The summed E-state index contributed by atoms with van der Waals surface area (Å²) in [6.45, 7) is 10.1. The highest BCUT2D eigenvalue weighted by Crippen LogP contribution is 2.26. The number of thiophene rings is 1. The standard InChI is InChI=1S/C26H32N2O2S2/c1-19-24(14-17-32-19)27(5)15-16-29-23-9-7-8-21(18-23)28(6)25(31)30-22-12-10-20(11-13-22)26(2,3)4/h7-14,17-18H,15-16H2,1-6H3. The van der Waals surface area contributed by atoms with Crippen LogP contribution in [0, 0.1) is 6.92 Å². The Balaban J connectivity index is 1.56. The summed E-state index contributed by atoms with van der Waals surface area (Å²) >= 11 is 7.29. The van der Waals surface area contributed by atoms with Crippen LogP contribution in [-0.4, -0.2) is 32.4 Å². The van der Waals surface area contributed by atoms with Crippen LogP contribution < -0.4 is 19.3 Å². The number of hydrogen-bond donors (Lipinski definition) is 0. The van der Waals surface area contributed by atoms with Gasteiger partial charge in [-0.1, -0.05) is 39.0 Å². The van der Waals surface area contributed by atoms with Crippen molar-refractivity contribution in [2.45, 2.75) is 33.1 Å². The molecule has 6 heteroatoms. The Hall–Kier alpha value is -2.57. The third kappa shape index (κ3) is 6.24. The van der Waals surface area contributed by atoms with Crippen LogP contribution in [0.2, 0.25) is 0 Å². The number of aryl methyl sites for hydroxylation is 1. The topological polar surface area (TPSA) is 24.9 Å². The second kappa shape index (κ2) is 10.4. The van der Waals surface area contributed by atoms with Gasteiger partial charge in [0.1, 0.15) is 18.1 Å². The van der Waals surface area contributed by atoms with Crippen molar-refractivity contribution in [3.8, 4) is 11.5 Å². The van der Waals surface area contributed by atoms with Gasteiger partial charge in [0, 0.05) is 30.7 Å². The first-order chi connectivity index (χ1) is 15.1. The Labute approximate surface area is 201 Å². The van der Waals surface area contributed by atoms with Gasteiger partial charge in [-0.25, -0.2) is 0 Å². The molecule has 1 aromatic heterocycles. The summed E-state index contributed by atoms with van der Waals surface area (Å²) in [6.07, 6.45) is 0. The lowest BCUT2D eigenvalue weighted by molar-refractivity contribution is 0.326. The molecule has 0 radical (unpaired) electrons. The van der Waals surface area contributed by atoms with E-state index in [-0.39, 0.29) is 5.41 Å². The van der Waals surface area contributed by atoms with Crippen molar-refractivity contribution in [1.82, 2.24) is 0 Å². The van der Waals surface area contributed by atoms with E-state index in [0.717, 1.165) is 23.7 Å². The summed E-state index contributed by atoms with van der Waals surface area (Å²) in [5.41, 5.74) is 3.54. The molecule has 0 saturated heterocycles. The molecule has 3 aromatic rings. The predicted octanol–water partition coefficient (Wildman–Crippen LogP) is 6.67. The number of hydrogen-bond acceptors (Lipinski definition) is 5. The van der Waals surface area contributed by atoms with Crippen LogP contribution in [0.5, 0.6) is 11.5 Å². The van der Waals surface area contributed by atoms with Gasteiger partial charge >= 0.3 is 0 Å². The molecule has 0 spiro atoms. The van der Waals surface area contributed by atoms with Gasteiger partial charge in [0.05, 0.1) is 12.2 Å². The van der Waals surface area contributed by atoms with Gasteiger partial charge in [-0.15, -0.1) is 11.3 Å². The van der Waals surface area contributed by atoms with Crippen molar-refractivity contribution in [2.24, 2.45) is 0 Å². The van der Waals surface area contributed by atoms with E-state index in [1.165, 1.54) is 16.1 Å². The maximum absolute atomic E-state index is 6.00. The van der Waals surface area contributed by atoms with Crippen LogP contribution in [0.25, 0.3) is 0 Å². The van der Waals surface area contributed by atoms with Crippen molar-refractivity contribution >= 4 is 40.1 Å². The maximum Gasteiger partial charge on any atom is 0.269 e. The van der Waals surface area contributed by atoms with Crippen LogP contribution >= 0.6 is 23.6 Å². The average molecular weight is 469 g/mol. The lowest BCUT2D eigenvalue weighted by Gasteiger charge is -2.22. The highest BCUT2D eigenvalue weighted by atomic mass is 32.1. The summed E-state index contributed by atoms with van der Waals surface area (Å²) in [4.78, 5) is 5.38. The second-order valence-electron chi connectivity index (χ2n) is 8.83. The molecule has 3 rings (SSSR count). The minimum atomic E-state index is 0.105. The van der Waals surface area contributed by atoms with Gasteiger partial charge in [-0.2, -0.15) is 0 Å². The summed E-state index contributed by atoms with van der Waals surface area (Å²) in [5, 5.41) is 2.50. The van der Waals surface area contributed by atoms with E-state index in [2.05, 4.69) is 63.2 Å². The zero-order valence-corrected chi connectivity index (χ0v) is 21.3. The fraction of sp³-hybridized carbons (Fsp3) is 0.346. The van der Waals surface area contributed by atoms with Crippen LogP contribution in [0.15, 0.2) is 60.0 Å². The fourth-order valence-electron chi connectivity index (χ4n) is 3.27. The second-order valence-corrected chi connectivity index (χ2v) is 10.3. The third-order valence-corrected chi connectivity index (χ3v) is 6.53. The highest BCUT2D eigenvalue weighted by molar-refractivity contribution is 7.80. The maximum atomic E-state index is 6.00. The number of ether oxygens (including phenoxy) is 2. The number of thiocarbonyl (C=S) groups is 1. The summed E-state index contributed by atoms with van der Waals surface area (Å²) in [6, 6.07) is 18.1. The monoisotopic (exact) mass is 468 g/mol. The van der Waals surface area contributed by atoms with Crippen LogP contribution in [0.1, 0.15) is 31.2 Å². The first-order valence-corrected chi connectivity index (χ1v) is 12.0. The van der Waals surface area contributed by atoms with Gasteiger partial charge in [0.25, 0.3) is 5.17 Å². The summed E-state index contributed by atoms with van der Waals surface area (Å²) < 4.78 is 11.9. The van der Waals surface area contributed by atoms with E-state index in [0.29, 0.717) is 11.8 Å². The number of benzene rings is 2. The van der Waals surface area contributed by atoms with Gasteiger partial charge < -0.3 is 19.3 Å². The smallest absolute Gasteiger partial charge is 0.269 e. The van der Waals surface area contributed by atoms with Crippen molar-refractivity contribution in [1.29, 1.82) is 0 Å². The molecule has 32 heavy (non-hydrogen) atoms. The largest absolute Gasteiger partial charge is 0.492 e. The molecule has 0 N–H and O–H groups in total. The lowest BCUT2D eigenvalue weighted by atomic mass is 9.87. The Kier molecular flexibility index (Phi) is 7.80. The zero-order chi connectivity index (χ0) is 23.3. The molecule has 0 unspecified atom stereocenters. The van der Waals surface area contributed by atoms with Gasteiger partial charge in [-0.05, 0) is 65.8 Å². The molecule has 0 aliphatic heterocycles. The quantitative estimate of drug-likeness (QED) is 0.361. The molecule has 0 saturated carbocycles. The van der Waals surface area contributed by atoms with E-state index in [9.17, 15) is 0 Å². The van der Waals surface area contributed by atoms with Crippen LogP contribution in [-0.2, 0) is 5.41 Å². The van der Waals surface area contributed by atoms with E-state index in [4.69, 9.17) is 21.7 Å². The number of anilines is 2. The third-order valence-electron chi connectivity index (χ3n) is 5.34. The molecule has 4 nitrogen and oxygen atoms in total. The first-order valence-electron chi connectivity index (χ1n) is 10.7. The van der Waals surface area contributed by atoms with Gasteiger partial charge in [0.15, 0.2) is 0 Å². The van der Waals surface area contributed by atoms with Crippen molar-refractivity contribution < 1.29 is 9.47 Å². The molecule has 0 atom stereocenters. The Morgan fingerprint density at radius 2 is 1.72 bits per heavy atom. The minimum Gasteiger partial charge on any atom is -0.492 e. The van der Waals surface area contributed by atoms with Gasteiger partial charge in [0.2, 0.25) is 0 Å².